The van der Waals surface area contributed by atoms with Crippen molar-refractivity contribution in [3.8, 4) is 11.5 Å². The van der Waals surface area contributed by atoms with Crippen LogP contribution in [-0.2, 0) is 4.79 Å². The Morgan fingerprint density at radius 2 is 2.00 bits per heavy atom. The Morgan fingerprint density at radius 3 is 2.61 bits per heavy atom. The number of carbonyl (C=O) groups excluding carboxylic acids is 1. The SMILES string of the molecule is CN=C(C(C=O)=C(C)C)c1ccc2c(c1)OCO2. The summed E-state index contributed by atoms with van der Waals surface area (Å²) >= 11 is 0. The molecule has 18 heavy (non-hydrogen) atoms. The summed E-state index contributed by atoms with van der Waals surface area (Å²) < 4.78 is 10.6. The van der Waals surface area contributed by atoms with Gasteiger partial charge in [-0.05, 0) is 32.0 Å². The highest BCUT2D eigenvalue weighted by molar-refractivity contribution is 6.23. The number of aldehydes is 1. The highest BCUT2D eigenvalue weighted by Gasteiger charge is 2.17. The van der Waals surface area contributed by atoms with E-state index in [4.69, 9.17) is 9.47 Å². The van der Waals surface area contributed by atoms with Crippen molar-refractivity contribution in [3.05, 3.63) is 34.9 Å². The van der Waals surface area contributed by atoms with Crippen LogP contribution in [0.25, 0.3) is 0 Å². The molecular formula is C14H15NO3. The first kappa shape index (κ1) is 12.4. The van der Waals surface area contributed by atoms with Crippen molar-refractivity contribution in [3.63, 3.8) is 0 Å². The molecule has 0 radical (unpaired) electrons. The van der Waals surface area contributed by atoms with Crippen LogP contribution >= 0.6 is 0 Å². The fourth-order valence-electron chi connectivity index (χ4n) is 1.86. The molecule has 0 unspecified atom stereocenters. The molecular weight excluding hydrogens is 230 g/mol. The van der Waals surface area contributed by atoms with Crippen LogP contribution in [0.2, 0.25) is 0 Å². The molecule has 0 spiro atoms. The Kier molecular flexibility index (Phi) is 3.46. The van der Waals surface area contributed by atoms with E-state index in [1.54, 1.807) is 7.05 Å². The predicted molar refractivity (Wildman–Crippen MR) is 69.5 cm³/mol. The zero-order valence-electron chi connectivity index (χ0n) is 10.7. The molecule has 0 fully saturated rings. The van der Waals surface area contributed by atoms with E-state index in [2.05, 4.69) is 4.99 Å². The number of carbonyl (C=O) groups is 1. The van der Waals surface area contributed by atoms with Crippen molar-refractivity contribution in [2.45, 2.75) is 13.8 Å². The van der Waals surface area contributed by atoms with Gasteiger partial charge in [0.05, 0.1) is 5.71 Å². The third kappa shape index (κ3) is 2.14. The first-order chi connectivity index (χ1) is 8.67. The van der Waals surface area contributed by atoms with Gasteiger partial charge in [0.15, 0.2) is 17.8 Å². The fourth-order valence-corrected chi connectivity index (χ4v) is 1.86. The van der Waals surface area contributed by atoms with Crippen LogP contribution in [0.4, 0.5) is 0 Å². The molecule has 1 heterocycles. The Balaban J connectivity index is 2.47. The molecule has 1 aliphatic rings. The molecule has 0 N–H and O–H groups in total. The van der Waals surface area contributed by atoms with E-state index < -0.39 is 0 Å². The second-order valence-corrected chi connectivity index (χ2v) is 4.17. The zero-order chi connectivity index (χ0) is 13.1. The summed E-state index contributed by atoms with van der Waals surface area (Å²) in [5.74, 6) is 1.41. The average Bonchev–Trinajstić information content (AvgIpc) is 2.82. The van der Waals surface area contributed by atoms with Gasteiger partial charge in [0.1, 0.15) is 0 Å². The third-order valence-corrected chi connectivity index (χ3v) is 2.78. The average molecular weight is 245 g/mol. The molecule has 0 atom stereocenters. The minimum atomic E-state index is 0.237. The number of allylic oxidation sites excluding steroid dienone is 2. The van der Waals surface area contributed by atoms with Crippen molar-refractivity contribution >= 4 is 12.0 Å². The molecule has 94 valence electrons. The normalized spacial score (nSPS) is 13.4. The summed E-state index contributed by atoms with van der Waals surface area (Å²) in [6, 6.07) is 5.55. The van der Waals surface area contributed by atoms with Crippen LogP contribution in [0.15, 0.2) is 34.3 Å². The second kappa shape index (κ2) is 5.04. The molecule has 0 aliphatic carbocycles. The molecule has 2 rings (SSSR count). The van der Waals surface area contributed by atoms with E-state index in [1.165, 1.54) is 0 Å². The first-order valence-electron chi connectivity index (χ1n) is 5.67. The van der Waals surface area contributed by atoms with E-state index in [0.29, 0.717) is 17.0 Å². The van der Waals surface area contributed by atoms with Crippen LogP contribution in [0.3, 0.4) is 0 Å². The molecule has 0 saturated heterocycles. The van der Waals surface area contributed by atoms with E-state index in [1.807, 2.05) is 32.0 Å². The van der Waals surface area contributed by atoms with E-state index in [0.717, 1.165) is 23.2 Å². The second-order valence-electron chi connectivity index (χ2n) is 4.17. The van der Waals surface area contributed by atoms with E-state index in [-0.39, 0.29) is 6.79 Å². The van der Waals surface area contributed by atoms with Gasteiger partial charge in [-0.2, -0.15) is 0 Å². The first-order valence-corrected chi connectivity index (χ1v) is 5.67. The lowest BCUT2D eigenvalue weighted by Gasteiger charge is -2.08. The Morgan fingerprint density at radius 1 is 1.28 bits per heavy atom. The smallest absolute Gasteiger partial charge is 0.231 e. The van der Waals surface area contributed by atoms with E-state index in [9.17, 15) is 4.79 Å². The number of rotatable bonds is 3. The monoisotopic (exact) mass is 245 g/mol. The molecule has 0 amide bonds. The maximum Gasteiger partial charge on any atom is 0.231 e. The summed E-state index contributed by atoms with van der Waals surface area (Å²) in [7, 11) is 1.67. The number of hydrogen-bond donors (Lipinski definition) is 0. The molecule has 1 aromatic rings. The maximum absolute atomic E-state index is 11.2. The number of benzene rings is 1. The lowest BCUT2D eigenvalue weighted by molar-refractivity contribution is -0.104. The summed E-state index contributed by atoms with van der Waals surface area (Å²) in [5.41, 5.74) is 3.06. The highest BCUT2D eigenvalue weighted by atomic mass is 16.7. The van der Waals surface area contributed by atoms with Crippen LogP contribution in [-0.4, -0.2) is 25.8 Å². The lowest BCUT2D eigenvalue weighted by atomic mass is 9.99. The maximum atomic E-state index is 11.2. The molecule has 0 aromatic heterocycles. The lowest BCUT2D eigenvalue weighted by Crippen LogP contribution is -2.08. The summed E-state index contributed by atoms with van der Waals surface area (Å²) in [4.78, 5) is 15.4. The fraction of sp³-hybridized carbons (Fsp3) is 0.286. The minimum absolute atomic E-state index is 0.237. The summed E-state index contributed by atoms with van der Waals surface area (Å²) in [6.45, 7) is 4.02. The van der Waals surface area contributed by atoms with Crippen molar-refractivity contribution < 1.29 is 14.3 Å². The largest absolute Gasteiger partial charge is 0.454 e. The van der Waals surface area contributed by atoms with Crippen LogP contribution < -0.4 is 9.47 Å². The highest BCUT2D eigenvalue weighted by Crippen LogP contribution is 2.33. The molecule has 0 bridgehead atoms. The number of aliphatic imine (C=N–C) groups is 1. The number of ether oxygens (including phenoxy) is 2. The number of nitrogens with zero attached hydrogens (tertiary/aromatic N) is 1. The van der Waals surface area contributed by atoms with Gasteiger partial charge in [-0.25, -0.2) is 0 Å². The molecule has 1 aromatic carbocycles. The van der Waals surface area contributed by atoms with Gasteiger partial charge in [0.2, 0.25) is 6.79 Å². The topological polar surface area (TPSA) is 47.9 Å². The third-order valence-electron chi connectivity index (χ3n) is 2.78. The van der Waals surface area contributed by atoms with Crippen molar-refractivity contribution in [2.24, 2.45) is 4.99 Å². The minimum Gasteiger partial charge on any atom is -0.454 e. The molecule has 4 nitrogen and oxygen atoms in total. The Labute approximate surface area is 106 Å². The van der Waals surface area contributed by atoms with Crippen LogP contribution in [0, 0.1) is 0 Å². The van der Waals surface area contributed by atoms with Gasteiger partial charge in [-0.15, -0.1) is 0 Å². The van der Waals surface area contributed by atoms with Gasteiger partial charge in [0, 0.05) is 18.2 Å². The molecule has 1 aliphatic heterocycles. The number of hydrogen-bond acceptors (Lipinski definition) is 4. The molecule has 4 heteroatoms. The van der Waals surface area contributed by atoms with Gasteiger partial charge < -0.3 is 9.47 Å². The summed E-state index contributed by atoms with van der Waals surface area (Å²) in [5, 5.41) is 0. The van der Waals surface area contributed by atoms with Crippen molar-refractivity contribution in [1.29, 1.82) is 0 Å². The zero-order valence-corrected chi connectivity index (χ0v) is 10.7. The van der Waals surface area contributed by atoms with Gasteiger partial charge >= 0.3 is 0 Å². The Bertz CT molecular complexity index is 540. The van der Waals surface area contributed by atoms with Gasteiger partial charge in [0.25, 0.3) is 0 Å². The van der Waals surface area contributed by atoms with Crippen molar-refractivity contribution in [2.75, 3.05) is 13.8 Å². The van der Waals surface area contributed by atoms with Gasteiger partial charge in [-0.1, -0.05) is 5.57 Å². The van der Waals surface area contributed by atoms with Crippen LogP contribution in [0.5, 0.6) is 11.5 Å². The Hall–Kier alpha value is -2.10. The molecule has 0 saturated carbocycles. The van der Waals surface area contributed by atoms with E-state index >= 15 is 0 Å². The van der Waals surface area contributed by atoms with Gasteiger partial charge in [-0.3, -0.25) is 9.79 Å². The standard InChI is InChI=1S/C14H15NO3/c1-9(2)11(7-16)14(15-3)10-4-5-12-13(6-10)18-8-17-12/h4-7H,8H2,1-3H3. The van der Waals surface area contributed by atoms with Crippen LogP contribution in [0.1, 0.15) is 19.4 Å². The predicted octanol–water partition coefficient (Wildman–Crippen LogP) is 2.37. The van der Waals surface area contributed by atoms with Crippen molar-refractivity contribution in [1.82, 2.24) is 0 Å². The summed E-state index contributed by atoms with van der Waals surface area (Å²) in [6.07, 6.45) is 0.836. The quantitative estimate of drug-likeness (QED) is 0.466. The number of fused-ring (bicyclic) bond motifs is 1.